The maximum atomic E-state index is 13.2. The lowest BCUT2D eigenvalue weighted by Gasteiger charge is -2.12. The van der Waals surface area contributed by atoms with E-state index in [-0.39, 0.29) is 26.8 Å². The highest BCUT2D eigenvalue weighted by atomic mass is 19.1. The molecule has 172 valence electrons. The second-order valence-electron chi connectivity index (χ2n) is 8.33. The molecule has 0 aliphatic rings. The minimum Gasteiger partial charge on any atom is -0.493 e. The molecule has 0 N–H and O–H groups in total. The lowest BCUT2D eigenvalue weighted by Crippen LogP contribution is -2.06. The molecular formula is C26H44FNO2. The molecule has 30 heavy (non-hydrogen) atoms. The molecule has 0 radical (unpaired) electrons. The Hall–Kier alpha value is -2.10. The van der Waals surface area contributed by atoms with Crippen LogP contribution in [0, 0.1) is 11.7 Å². The summed E-state index contributed by atoms with van der Waals surface area (Å²) < 4.78 is 24.2. The average Bonchev–Trinajstić information content (AvgIpc) is 2.60. The molecule has 0 bridgehead atoms. The highest BCUT2D eigenvalue weighted by molar-refractivity contribution is 5.31. The van der Waals surface area contributed by atoms with Crippen LogP contribution >= 0.6 is 0 Å². The molecular weight excluding hydrogens is 377 g/mol. The van der Waals surface area contributed by atoms with E-state index in [4.69, 9.17) is 9.47 Å². The van der Waals surface area contributed by atoms with Crippen LogP contribution in [0.3, 0.4) is 0 Å². The summed E-state index contributed by atoms with van der Waals surface area (Å²) in [5.41, 5.74) is 2.23. The second kappa shape index (κ2) is 14.8. The van der Waals surface area contributed by atoms with E-state index < -0.39 is 0 Å². The standard InChI is InChI=1S/C13H19FO.C11H17NO.2CH4/c1-9(2)8-15-13-6-11(10(3)4)5-12(14)7-13;1-8(2)10-5-6-11(12-7-10)13-9(3)4;;/h5-7,9-10H,8H2,1-4H3;5-9H,1-4H3;2*1H4. The Morgan fingerprint density at radius 3 is 1.87 bits per heavy atom. The lowest BCUT2D eigenvalue weighted by atomic mass is 10.0. The Kier molecular flexibility index (Phi) is 14.9. The van der Waals surface area contributed by atoms with Crippen LogP contribution in [0.4, 0.5) is 4.39 Å². The van der Waals surface area contributed by atoms with E-state index in [0.29, 0.717) is 36.0 Å². The van der Waals surface area contributed by atoms with Crippen LogP contribution in [0.2, 0.25) is 0 Å². The Balaban J connectivity index is 0. The van der Waals surface area contributed by atoms with Gasteiger partial charge in [-0.3, -0.25) is 0 Å². The Morgan fingerprint density at radius 2 is 1.43 bits per heavy atom. The molecule has 0 amide bonds. The zero-order valence-corrected chi connectivity index (χ0v) is 18.6. The number of hydrogen-bond acceptors (Lipinski definition) is 3. The summed E-state index contributed by atoms with van der Waals surface area (Å²) in [7, 11) is 0. The average molecular weight is 422 g/mol. The molecule has 3 nitrogen and oxygen atoms in total. The van der Waals surface area contributed by atoms with Crippen molar-refractivity contribution in [1.82, 2.24) is 4.98 Å². The van der Waals surface area contributed by atoms with Crippen molar-refractivity contribution in [3.63, 3.8) is 0 Å². The largest absolute Gasteiger partial charge is 0.493 e. The fraction of sp³-hybridized carbons (Fsp3) is 0.577. The Morgan fingerprint density at radius 1 is 0.833 bits per heavy atom. The quantitative estimate of drug-likeness (QED) is 0.451. The van der Waals surface area contributed by atoms with E-state index in [2.05, 4.69) is 38.7 Å². The maximum absolute atomic E-state index is 13.2. The van der Waals surface area contributed by atoms with Crippen molar-refractivity contribution < 1.29 is 13.9 Å². The molecule has 0 atom stereocenters. The van der Waals surface area contributed by atoms with Gasteiger partial charge in [0.2, 0.25) is 5.88 Å². The Labute approximate surface area is 185 Å². The SMILES string of the molecule is C.C.CC(C)COc1cc(F)cc(C(C)C)c1.CC(C)Oc1ccc(C(C)C)cn1. The van der Waals surface area contributed by atoms with Gasteiger partial charge in [-0.1, -0.05) is 62.5 Å². The van der Waals surface area contributed by atoms with Crippen molar-refractivity contribution >= 4 is 0 Å². The molecule has 2 rings (SSSR count). The first-order chi connectivity index (χ1) is 13.1. The van der Waals surface area contributed by atoms with Crippen LogP contribution in [-0.4, -0.2) is 17.7 Å². The fourth-order valence-electron chi connectivity index (χ4n) is 2.31. The van der Waals surface area contributed by atoms with Gasteiger partial charge in [0.05, 0.1) is 12.7 Å². The summed E-state index contributed by atoms with van der Waals surface area (Å²) in [5.74, 6) is 2.42. The van der Waals surface area contributed by atoms with Crippen molar-refractivity contribution in [3.05, 3.63) is 53.5 Å². The maximum Gasteiger partial charge on any atom is 0.213 e. The van der Waals surface area contributed by atoms with E-state index in [0.717, 1.165) is 5.56 Å². The molecule has 0 unspecified atom stereocenters. The van der Waals surface area contributed by atoms with E-state index >= 15 is 0 Å². The van der Waals surface area contributed by atoms with Gasteiger partial charge >= 0.3 is 0 Å². The predicted octanol–water partition coefficient (Wildman–Crippen LogP) is 8.25. The molecule has 1 aromatic carbocycles. The van der Waals surface area contributed by atoms with Crippen LogP contribution in [-0.2, 0) is 0 Å². The van der Waals surface area contributed by atoms with Crippen LogP contribution in [0.15, 0.2) is 36.5 Å². The van der Waals surface area contributed by atoms with Crippen LogP contribution in [0.25, 0.3) is 0 Å². The summed E-state index contributed by atoms with van der Waals surface area (Å²) in [5, 5.41) is 0. The number of hydrogen-bond donors (Lipinski definition) is 0. The molecule has 1 heterocycles. The molecule has 2 aromatic rings. The summed E-state index contributed by atoms with van der Waals surface area (Å²) in [4.78, 5) is 4.22. The molecule has 0 saturated heterocycles. The van der Waals surface area contributed by atoms with Crippen molar-refractivity contribution in [2.24, 2.45) is 5.92 Å². The van der Waals surface area contributed by atoms with Gasteiger partial charge in [0.15, 0.2) is 0 Å². The van der Waals surface area contributed by atoms with Crippen molar-refractivity contribution in [3.8, 4) is 11.6 Å². The zero-order valence-electron chi connectivity index (χ0n) is 18.6. The number of rotatable bonds is 7. The normalized spacial score (nSPS) is 10.3. The third-order valence-electron chi connectivity index (χ3n) is 3.93. The van der Waals surface area contributed by atoms with E-state index in [9.17, 15) is 4.39 Å². The highest BCUT2D eigenvalue weighted by Crippen LogP contribution is 2.22. The van der Waals surface area contributed by atoms with Gasteiger partial charge < -0.3 is 9.47 Å². The van der Waals surface area contributed by atoms with Crippen LogP contribution in [0.5, 0.6) is 11.6 Å². The lowest BCUT2D eigenvalue weighted by molar-refractivity contribution is 0.232. The van der Waals surface area contributed by atoms with Gasteiger partial charge in [-0.15, -0.1) is 0 Å². The number of ether oxygens (including phenoxy) is 2. The third-order valence-corrected chi connectivity index (χ3v) is 3.93. The first kappa shape index (κ1) is 30.1. The molecule has 0 saturated carbocycles. The fourth-order valence-corrected chi connectivity index (χ4v) is 2.31. The molecule has 0 spiro atoms. The van der Waals surface area contributed by atoms with Gasteiger partial charge in [-0.2, -0.15) is 0 Å². The molecule has 0 aliphatic heterocycles. The molecule has 0 aliphatic carbocycles. The van der Waals surface area contributed by atoms with Gasteiger partial charge in [-0.25, -0.2) is 9.37 Å². The Bertz CT molecular complexity index is 695. The van der Waals surface area contributed by atoms with Gasteiger partial charge in [0, 0.05) is 18.3 Å². The minimum absolute atomic E-state index is 0. The minimum atomic E-state index is -0.222. The van der Waals surface area contributed by atoms with Crippen LogP contribution in [0.1, 0.15) is 93.2 Å². The highest BCUT2D eigenvalue weighted by Gasteiger charge is 2.06. The van der Waals surface area contributed by atoms with Crippen LogP contribution < -0.4 is 9.47 Å². The first-order valence-electron chi connectivity index (χ1n) is 10.1. The molecule has 0 fully saturated rings. The van der Waals surface area contributed by atoms with Crippen molar-refractivity contribution in [2.45, 2.75) is 88.2 Å². The van der Waals surface area contributed by atoms with Gasteiger partial charge in [0.25, 0.3) is 0 Å². The van der Waals surface area contributed by atoms with E-state index in [1.165, 1.54) is 11.6 Å². The van der Waals surface area contributed by atoms with Crippen molar-refractivity contribution in [2.75, 3.05) is 6.61 Å². The number of benzene rings is 1. The van der Waals surface area contributed by atoms with E-state index in [1.54, 1.807) is 6.07 Å². The smallest absolute Gasteiger partial charge is 0.213 e. The first-order valence-corrected chi connectivity index (χ1v) is 10.1. The number of aromatic nitrogens is 1. The summed E-state index contributed by atoms with van der Waals surface area (Å²) >= 11 is 0. The van der Waals surface area contributed by atoms with Gasteiger partial charge in [0.1, 0.15) is 11.6 Å². The number of halogens is 1. The summed E-state index contributed by atoms with van der Waals surface area (Å²) in [6, 6.07) is 8.90. The topological polar surface area (TPSA) is 31.4 Å². The molecule has 4 heteroatoms. The predicted molar refractivity (Wildman–Crippen MR) is 128 cm³/mol. The molecule has 1 aromatic heterocycles. The summed E-state index contributed by atoms with van der Waals surface area (Å²) in [6.07, 6.45) is 2.07. The van der Waals surface area contributed by atoms with Gasteiger partial charge in [-0.05, 0) is 54.9 Å². The summed E-state index contributed by atoms with van der Waals surface area (Å²) in [6.45, 7) is 17.2. The van der Waals surface area contributed by atoms with Crippen molar-refractivity contribution in [1.29, 1.82) is 0 Å². The monoisotopic (exact) mass is 421 g/mol. The second-order valence-corrected chi connectivity index (χ2v) is 8.33. The third kappa shape index (κ3) is 11.8. The zero-order chi connectivity index (χ0) is 21.3. The van der Waals surface area contributed by atoms with E-state index in [1.807, 2.05) is 46.0 Å². The number of pyridine rings is 1. The number of nitrogens with zero attached hydrogens (tertiary/aromatic N) is 1.